The van der Waals surface area contributed by atoms with Gasteiger partial charge in [0.15, 0.2) is 10.1 Å². The molecular weight excluding hydrogens is 330 g/mol. The molecule has 1 aliphatic carbocycles. The normalized spacial score (nSPS) is 15.2. The molecule has 0 radical (unpaired) electrons. The van der Waals surface area contributed by atoms with Gasteiger partial charge in [-0.25, -0.2) is 4.98 Å². The van der Waals surface area contributed by atoms with E-state index in [4.69, 9.17) is 11.6 Å². The molecule has 0 unspecified atom stereocenters. The summed E-state index contributed by atoms with van der Waals surface area (Å²) in [5, 5.41) is 7.23. The van der Waals surface area contributed by atoms with Crippen LogP contribution in [0.3, 0.4) is 0 Å². The molecule has 7 heteroatoms. The van der Waals surface area contributed by atoms with Crippen molar-refractivity contribution in [2.75, 3.05) is 0 Å². The fourth-order valence-corrected chi connectivity index (χ4v) is 4.16. The van der Waals surface area contributed by atoms with Crippen LogP contribution in [0.25, 0.3) is 4.96 Å². The van der Waals surface area contributed by atoms with Crippen LogP contribution in [0.1, 0.15) is 35.5 Å². The third-order valence-electron chi connectivity index (χ3n) is 4.75. The van der Waals surface area contributed by atoms with E-state index < -0.39 is 0 Å². The van der Waals surface area contributed by atoms with E-state index in [-0.39, 0.29) is 0 Å². The average molecular weight is 350 g/mol. The molecule has 5 nitrogen and oxygen atoms in total. The van der Waals surface area contributed by atoms with Crippen LogP contribution < -0.4 is 0 Å². The van der Waals surface area contributed by atoms with Crippen molar-refractivity contribution in [3.05, 3.63) is 39.4 Å². The molecule has 122 valence electrons. The lowest BCUT2D eigenvalue weighted by atomic mass is 10.1. The molecule has 0 atom stereocenters. The molecular formula is C16H20ClN5S. The van der Waals surface area contributed by atoms with E-state index in [2.05, 4.69) is 44.8 Å². The van der Waals surface area contributed by atoms with Crippen molar-refractivity contribution in [2.24, 2.45) is 7.05 Å². The van der Waals surface area contributed by atoms with Crippen LogP contribution in [0.15, 0.2) is 11.6 Å². The third-order valence-corrected chi connectivity index (χ3v) is 5.81. The largest absolute Gasteiger partial charge is 0.292 e. The fourth-order valence-electron chi connectivity index (χ4n) is 3.14. The number of thiazole rings is 1. The number of imidazole rings is 1. The van der Waals surface area contributed by atoms with Crippen LogP contribution in [0.2, 0.25) is 5.15 Å². The highest BCUT2D eigenvalue weighted by Gasteiger charge is 2.31. The smallest absolute Gasteiger partial charge is 0.195 e. The van der Waals surface area contributed by atoms with E-state index in [0.717, 1.165) is 29.4 Å². The van der Waals surface area contributed by atoms with Crippen LogP contribution in [-0.2, 0) is 20.1 Å². The molecule has 0 aromatic carbocycles. The predicted molar refractivity (Wildman–Crippen MR) is 93.0 cm³/mol. The SMILES string of the molecule is Cc1nn(C)c(C)c1CN(Cc1c(Cl)nc2sccn12)C1CC1. The molecule has 1 saturated carbocycles. The summed E-state index contributed by atoms with van der Waals surface area (Å²) in [7, 11) is 2.01. The molecule has 0 N–H and O–H groups in total. The lowest BCUT2D eigenvalue weighted by molar-refractivity contribution is 0.241. The highest BCUT2D eigenvalue weighted by molar-refractivity contribution is 7.15. The van der Waals surface area contributed by atoms with Gasteiger partial charge in [0.2, 0.25) is 0 Å². The highest BCUT2D eigenvalue weighted by Crippen LogP contribution is 2.32. The van der Waals surface area contributed by atoms with Crippen molar-refractivity contribution in [3.63, 3.8) is 0 Å². The summed E-state index contributed by atoms with van der Waals surface area (Å²) in [6.45, 7) is 5.98. The van der Waals surface area contributed by atoms with Crippen molar-refractivity contribution in [2.45, 2.75) is 45.8 Å². The Morgan fingerprint density at radius 3 is 2.78 bits per heavy atom. The second-order valence-corrected chi connectivity index (χ2v) is 7.55. The van der Waals surface area contributed by atoms with Gasteiger partial charge in [-0.2, -0.15) is 5.10 Å². The molecule has 3 heterocycles. The molecule has 1 fully saturated rings. The van der Waals surface area contributed by atoms with Crippen molar-refractivity contribution in [3.8, 4) is 0 Å². The maximum atomic E-state index is 6.38. The Bertz CT molecular complexity index is 857. The summed E-state index contributed by atoms with van der Waals surface area (Å²) in [5.74, 6) is 0. The van der Waals surface area contributed by atoms with Gasteiger partial charge in [-0.1, -0.05) is 11.6 Å². The fraction of sp³-hybridized carbons (Fsp3) is 0.500. The van der Waals surface area contributed by atoms with E-state index >= 15 is 0 Å². The maximum absolute atomic E-state index is 6.38. The zero-order chi connectivity index (χ0) is 16.1. The number of hydrogen-bond donors (Lipinski definition) is 0. The van der Waals surface area contributed by atoms with E-state index in [0.29, 0.717) is 11.2 Å². The average Bonchev–Trinajstić information content (AvgIpc) is 3.12. The first-order valence-corrected chi connectivity index (χ1v) is 9.13. The van der Waals surface area contributed by atoms with Crippen LogP contribution in [-0.4, -0.2) is 30.1 Å². The Balaban J connectivity index is 1.64. The molecule has 3 aromatic rings. The van der Waals surface area contributed by atoms with Gasteiger partial charge in [-0.05, 0) is 26.7 Å². The Labute approximate surface area is 144 Å². The van der Waals surface area contributed by atoms with Gasteiger partial charge >= 0.3 is 0 Å². The molecule has 0 amide bonds. The minimum Gasteiger partial charge on any atom is -0.292 e. The maximum Gasteiger partial charge on any atom is 0.195 e. The topological polar surface area (TPSA) is 38.4 Å². The molecule has 4 rings (SSSR count). The number of aryl methyl sites for hydroxylation is 2. The Morgan fingerprint density at radius 2 is 2.13 bits per heavy atom. The number of halogens is 1. The van der Waals surface area contributed by atoms with Gasteiger partial charge in [0.1, 0.15) is 0 Å². The van der Waals surface area contributed by atoms with E-state index in [1.165, 1.54) is 24.1 Å². The van der Waals surface area contributed by atoms with Crippen molar-refractivity contribution in [1.29, 1.82) is 0 Å². The van der Waals surface area contributed by atoms with Gasteiger partial charge in [-0.15, -0.1) is 11.3 Å². The summed E-state index contributed by atoms with van der Waals surface area (Å²) in [4.78, 5) is 7.94. The first kappa shape index (κ1) is 15.2. The van der Waals surface area contributed by atoms with Gasteiger partial charge in [-0.3, -0.25) is 14.0 Å². The molecule has 0 spiro atoms. The minimum absolute atomic E-state index is 0.627. The first-order chi connectivity index (χ1) is 11.0. The van der Waals surface area contributed by atoms with E-state index in [1.54, 1.807) is 11.3 Å². The van der Waals surface area contributed by atoms with Gasteiger partial charge in [0.05, 0.1) is 11.4 Å². The predicted octanol–water partition coefficient (Wildman–Crippen LogP) is 3.56. The summed E-state index contributed by atoms with van der Waals surface area (Å²) < 4.78 is 4.09. The van der Waals surface area contributed by atoms with E-state index in [1.807, 2.05) is 11.7 Å². The summed E-state index contributed by atoms with van der Waals surface area (Å²) >= 11 is 8.00. The molecule has 0 aliphatic heterocycles. The van der Waals surface area contributed by atoms with Gasteiger partial charge in [0.25, 0.3) is 0 Å². The molecule has 0 saturated heterocycles. The first-order valence-electron chi connectivity index (χ1n) is 7.87. The molecule has 1 aliphatic rings. The summed E-state index contributed by atoms with van der Waals surface area (Å²) in [6.07, 6.45) is 4.59. The van der Waals surface area contributed by atoms with Crippen LogP contribution in [0.5, 0.6) is 0 Å². The van der Waals surface area contributed by atoms with Gasteiger partial charge in [0, 0.05) is 49.0 Å². The Hall–Kier alpha value is -1.37. The van der Waals surface area contributed by atoms with Crippen LogP contribution >= 0.6 is 22.9 Å². The summed E-state index contributed by atoms with van der Waals surface area (Å²) in [5.41, 5.74) is 4.79. The molecule has 0 bridgehead atoms. The standard InChI is InChI=1S/C16H20ClN5S/c1-10-13(11(2)20(3)19-10)8-21(12-4-5-12)9-14-15(17)18-16-22(14)6-7-23-16/h6-7,12H,4-5,8-9H2,1-3H3. The Morgan fingerprint density at radius 1 is 1.35 bits per heavy atom. The second kappa shape index (κ2) is 5.61. The minimum atomic E-state index is 0.627. The lowest BCUT2D eigenvalue weighted by Gasteiger charge is -2.22. The molecule has 3 aromatic heterocycles. The summed E-state index contributed by atoms with van der Waals surface area (Å²) in [6, 6.07) is 0.647. The second-order valence-electron chi connectivity index (χ2n) is 6.31. The quantitative estimate of drug-likeness (QED) is 0.706. The van der Waals surface area contributed by atoms with Crippen molar-refractivity contribution < 1.29 is 0 Å². The zero-order valence-corrected chi connectivity index (χ0v) is 15.2. The van der Waals surface area contributed by atoms with E-state index in [9.17, 15) is 0 Å². The number of rotatable bonds is 5. The number of hydrogen-bond acceptors (Lipinski definition) is 4. The number of nitrogens with zero attached hydrogens (tertiary/aromatic N) is 5. The van der Waals surface area contributed by atoms with Crippen molar-refractivity contribution in [1.82, 2.24) is 24.1 Å². The number of fused-ring (bicyclic) bond motifs is 1. The zero-order valence-electron chi connectivity index (χ0n) is 13.6. The lowest BCUT2D eigenvalue weighted by Crippen LogP contribution is -2.26. The Kier molecular flexibility index (Phi) is 3.70. The highest BCUT2D eigenvalue weighted by atomic mass is 35.5. The third kappa shape index (κ3) is 2.69. The van der Waals surface area contributed by atoms with Crippen LogP contribution in [0, 0.1) is 13.8 Å². The monoisotopic (exact) mass is 349 g/mol. The number of aromatic nitrogens is 4. The van der Waals surface area contributed by atoms with Crippen LogP contribution in [0.4, 0.5) is 0 Å². The van der Waals surface area contributed by atoms with Gasteiger partial charge < -0.3 is 0 Å². The van der Waals surface area contributed by atoms with Crippen molar-refractivity contribution >= 4 is 27.9 Å². The molecule has 23 heavy (non-hydrogen) atoms.